The molecule has 100 valence electrons. The van der Waals surface area contributed by atoms with E-state index in [1.807, 2.05) is 6.07 Å². The Hall–Kier alpha value is -2.37. The van der Waals surface area contributed by atoms with E-state index in [4.69, 9.17) is 9.84 Å². The maximum atomic E-state index is 11.5. The molecule has 1 aromatic rings. The van der Waals surface area contributed by atoms with E-state index in [1.54, 1.807) is 24.3 Å². The van der Waals surface area contributed by atoms with Crippen LogP contribution in [-0.2, 0) is 20.9 Å². The summed E-state index contributed by atoms with van der Waals surface area (Å²) in [5.41, 5.74) is -0.697. The Labute approximate surface area is 109 Å². The van der Waals surface area contributed by atoms with E-state index in [-0.39, 0.29) is 25.2 Å². The number of ether oxygens (including phenoxy) is 1. The van der Waals surface area contributed by atoms with E-state index >= 15 is 0 Å². The van der Waals surface area contributed by atoms with Gasteiger partial charge in [-0.1, -0.05) is 30.3 Å². The number of carboxylic acids is 1. The van der Waals surface area contributed by atoms with E-state index in [1.165, 1.54) is 0 Å². The average Bonchev–Trinajstić information content (AvgIpc) is 2.35. The molecular formula is C13H13NO5. The fraction of sp³-hybridized carbons (Fsp3) is 0.308. The third-order valence-corrected chi connectivity index (χ3v) is 2.96. The zero-order valence-corrected chi connectivity index (χ0v) is 10.1. The highest BCUT2D eigenvalue weighted by molar-refractivity contribution is 6.02. The zero-order chi connectivity index (χ0) is 13.9. The SMILES string of the molecule is O=C1CC(NC(=O)OCc2ccccc2)(C(=O)O)C1. The van der Waals surface area contributed by atoms with E-state index in [0.717, 1.165) is 5.56 Å². The maximum absolute atomic E-state index is 11.5. The lowest BCUT2D eigenvalue weighted by Crippen LogP contribution is -2.62. The van der Waals surface area contributed by atoms with Gasteiger partial charge in [0.25, 0.3) is 0 Å². The largest absolute Gasteiger partial charge is 0.479 e. The molecule has 19 heavy (non-hydrogen) atoms. The number of ketones is 1. The van der Waals surface area contributed by atoms with Gasteiger partial charge in [0.2, 0.25) is 0 Å². The van der Waals surface area contributed by atoms with Crippen LogP contribution in [0.5, 0.6) is 0 Å². The van der Waals surface area contributed by atoms with Gasteiger partial charge in [-0.3, -0.25) is 4.79 Å². The molecule has 1 amide bonds. The van der Waals surface area contributed by atoms with Crippen molar-refractivity contribution in [3.05, 3.63) is 35.9 Å². The molecule has 6 heteroatoms. The summed E-state index contributed by atoms with van der Waals surface area (Å²) in [7, 11) is 0. The van der Waals surface area contributed by atoms with Gasteiger partial charge < -0.3 is 15.2 Å². The highest BCUT2D eigenvalue weighted by Gasteiger charge is 2.51. The minimum absolute atomic E-state index is 0.0519. The molecule has 0 bridgehead atoms. The van der Waals surface area contributed by atoms with E-state index in [2.05, 4.69) is 5.32 Å². The van der Waals surface area contributed by atoms with Gasteiger partial charge in [0.15, 0.2) is 5.54 Å². The second-order valence-corrected chi connectivity index (χ2v) is 4.47. The van der Waals surface area contributed by atoms with Gasteiger partial charge >= 0.3 is 12.1 Å². The van der Waals surface area contributed by atoms with Crippen LogP contribution in [0.1, 0.15) is 18.4 Å². The van der Waals surface area contributed by atoms with Crippen molar-refractivity contribution in [3.8, 4) is 0 Å². The van der Waals surface area contributed by atoms with Crippen LogP contribution in [0.25, 0.3) is 0 Å². The summed E-state index contributed by atoms with van der Waals surface area (Å²) < 4.78 is 4.92. The van der Waals surface area contributed by atoms with Crippen LogP contribution in [-0.4, -0.2) is 28.5 Å². The van der Waals surface area contributed by atoms with Crippen LogP contribution >= 0.6 is 0 Å². The molecular weight excluding hydrogens is 250 g/mol. The molecule has 2 N–H and O–H groups in total. The molecule has 1 aliphatic rings. The number of carbonyl (C=O) groups excluding carboxylic acids is 2. The highest BCUT2D eigenvalue weighted by atomic mass is 16.5. The number of benzene rings is 1. The average molecular weight is 263 g/mol. The predicted octanol–water partition coefficient (Wildman–Crippen LogP) is 1.10. The van der Waals surface area contributed by atoms with E-state index in [0.29, 0.717) is 0 Å². The molecule has 0 aliphatic heterocycles. The molecule has 0 radical (unpaired) electrons. The number of alkyl carbamates (subject to hydrolysis) is 1. The summed E-state index contributed by atoms with van der Waals surface area (Å²) >= 11 is 0. The number of carbonyl (C=O) groups is 3. The predicted molar refractivity (Wildman–Crippen MR) is 64.4 cm³/mol. The van der Waals surface area contributed by atoms with Crippen molar-refractivity contribution in [2.75, 3.05) is 0 Å². The van der Waals surface area contributed by atoms with Crippen molar-refractivity contribution in [3.63, 3.8) is 0 Å². The topological polar surface area (TPSA) is 92.7 Å². The third-order valence-electron chi connectivity index (χ3n) is 2.96. The van der Waals surface area contributed by atoms with Crippen LogP contribution in [0, 0.1) is 0 Å². The van der Waals surface area contributed by atoms with Gasteiger partial charge in [-0.15, -0.1) is 0 Å². The molecule has 0 atom stereocenters. The first-order valence-corrected chi connectivity index (χ1v) is 5.76. The second-order valence-electron chi connectivity index (χ2n) is 4.47. The molecule has 1 aromatic carbocycles. The maximum Gasteiger partial charge on any atom is 0.408 e. The number of rotatable bonds is 4. The van der Waals surface area contributed by atoms with E-state index in [9.17, 15) is 14.4 Å². The first kappa shape index (κ1) is 13.1. The Morgan fingerprint density at radius 1 is 1.26 bits per heavy atom. The highest BCUT2D eigenvalue weighted by Crippen LogP contribution is 2.28. The van der Waals surface area contributed by atoms with Gasteiger partial charge in [-0.25, -0.2) is 9.59 Å². The van der Waals surface area contributed by atoms with Crippen molar-refractivity contribution >= 4 is 17.8 Å². The lowest BCUT2D eigenvalue weighted by Gasteiger charge is -2.36. The Balaban J connectivity index is 1.87. The summed E-state index contributed by atoms with van der Waals surface area (Å²) in [5, 5.41) is 11.3. The number of hydrogen-bond donors (Lipinski definition) is 2. The number of hydrogen-bond acceptors (Lipinski definition) is 4. The Morgan fingerprint density at radius 3 is 2.42 bits per heavy atom. The van der Waals surface area contributed by atoms with Gasteiger partial charge in [-0.05, 0) is 5.56 Å². The molecule has 1 saturated carbocycles. The van der Waals surface area contributed by atoms with Crippen LogP contribution in [0.4, 0.5) is 4.79 Å². The van der Waals surface area contributed by atoms with Crippen molar-refractivity contribution in [1.29, 1.82) is 0 Å². The number of Topliss-reactive ketones (excluding diaryl/α,β-unsaturated/α-hetero) is 1. The molecule has 6 nitrogen and oxygen atoms in total. The van der Waals surface area contributed by atoms with Crippen molar-refractivity contribution < 1.29 is 24.2 Å². The molecule has 2 rings (SSSR count). The normalized spacial score (nSPS) is 16.3. The van der Waals surface area contributed by atoms with Crippen molar-refractivity contribution in [2.45, 2.75) is 25.0 Å². The van der Waals surface area contributed by atoms with Gasteiger partial charge in [0.05, 0.1) is 0 Å². The summed E-state index contributed by atoms with van der Waals surface area (Å²) in [6.45, 7) is 0.0519. The summed E-state index contributed by atoms with van der Waals surface area (Å²) in [6.07, 6.45) is -1.22. The van der Waals surface area contributed by atoms with Crippen molar-refractivity contribution in [1.82, 2.24) is 5.32 Å². The zero-order valence-electron chi connectivity index (χ0n) is 10.1. The summed E-state index contributed by atoms with van der Waals surface area (Å²) in [6, 6.07) is 9.02. The van der Waals surface area contributed by atoms with Crippen LogP contribution in [0.3, 0.4) is 0 Å². The second kappa shape index (κ2) is 5.09. The van der Waals surface area contributed by atoms with Crippen LogP contribution in [0.2, 0.25) is 0 Å². The lowest BCUT2D eigenvalue weighted by molar-refractivity contribution is -0.154. The smallest absolute Gasteiger partial charge is 0.408 e. The minimum Gasteiger partial charge on any atom is -0.479 e. The minimum atomic E-state index is -1.50. The first-order chi connectivity index (χ1) is 9.02. The molecule has 0 unspecified atom stereocenters. The van der Waals surface area contributed by atoms with E-state index < -0.39 is 17.6 Å². The van der Waals surface area contributed by atoms with Crippen molar-refractivity contribution in [2.24, 2.45) is 0 Å². The number of aliphatic carboxylic acids is 1. The fourth-order valence-corrected chi connectivity index (χ4v) is 1.87. The third kappa shape index (κ3) is 2.90. The molecule has 0 heterocycles. The van der Waals surface area contributed by atoms with Crippen LogP contribution < -0.4 is 5.32 Å². The fourth-order valence-electron chi connectivity index (χ4n) is 1.87. The molecule has 1 fully saturated rings. The Bertz CT molecular complexity index is 503. The Morgan fingerprint density at radius 2 is 1.89 bits per heavy atom. The van der Waals surface area contributed by atoms with Crippen LogP contribution in [0.15, 0.2) is 30.3 Å². The molecule has 0 saturated heterocycles. The quantitative estimate of drug-likeness (QED) is 0.848. The number of amides is 1. The monoisotopic (exact) mass is 263 g/mol. The molecule has 1 aliphatic carbocycles. The van der Waals surface area contributed by atoms with Gasteiger partial charge in [-0.2, -0.15) is 0 Å². The summed E-state index contributed by atoms with van der Waals surface area (Å²) in [4.78, 5) is 33.5. The standard InChI is InChI=1S/C13H13NO5/c15-10-6-13(7-10,11(16)17)14-12(18)19-8-9-4-2-1-3-5-9/h1-5H,6-8H2,(H,14,18)(H,16,17). The number of carboxylic acid groups (broad SMARTS) is 1. The molecule has 0 spiro atoms. The summed E-state index contributed by atoms with van der Waals surface area (Å²) in [5.74, 6) is -1.41. The van der Waals surface area contributed by atoms with Gasteiger partial charge in [0, 0.05) is 12.8 Å². The lowest BCUT2D eigenvalue weighted by atomic mass is 9.76. The first-order valence-electron chi connectivity index (χ1n) is 5.76. The van der Waals surface area contributed by atoms with Gasteiger partial charge in [0.1, 0.15) is 12.4 Å². The molecule has 0 aromatic heterocycles. The number of nitrogens with one attached hydrogen (secondary N) is 1. The Kier molecular flexibility index (Phi) is 3.50.